The second-order valence-corrected chi connectivity index (χ2v) is 26.8. The Kier molecular flexibility index (Phi) is 12.3. The van der Waals surface area contributed by atoms with Gasteiger partial charge in [-0.25, -0.2) is 4.98 Å². The Morgan fingerprint density at radius 2 is 1.47 bits per heavy atom. The summed E-state index contributed by atoms with van der Waals surface area (Å²) >= 11 is -1.86. The predicted octanol–water partition coefficient (Wildman–Crippen LogP) is 12.3. The van der Waals surface area contributed by atoms with Crippen molar-refractivity contribution in [1.29, 1.82) is 0 Å². The fourth-order valence-corrected chi connectivity index (χ4v) is 10.7. The molecule has 4 aromatic heterocycles. The van der Waals surface area contributed by atoms with E-state index in [9.17, 15) is 0 Å². The molecule has 0 N–H and O–H groups in total. The number of nitrogens with zero attached hydrogens (tertiary/aromatic N) is 4. The summed E-state index contributed by atoms with van der Waals surface area (Å²) in [6, 6.07) is 40.1. The summed E-state index contributed by atoms with van der Waals surface area (Å²) in [5.41, 5.74) is 11.7. The van der Waals surface area contributed by atoms with Crippen LogP contribution >= 0.6 is 0 Å². The number of hydrogen-bond donors (Lipinski definition) is 0. The number of pyridine rings is 2. The number of furan rings is 1. The fraction of sp³-hybridized carbons (Fsp3) is 0.271. The molecular weight excluding hydrogens is 913 g/mol. The first kappa shape index (κ1) is 40.3. The van der Waals surface area contributed by atoms with E-state index in [0.29, 0.717) is 23.5 Å². The van der Waals surface area contributed by atoms with Crippen LogP contribution in [0.3, 0.4) is 0 Å². The Morgan fingerprint density at radius 3 is 2.15 bits per heavy atom. The molecular formula is C48H50GeIrN4O-2. The molecule has 4 aromatic carbocycles. The van der Waals surface area contributed by atoms with Crippen molar-refractivity contribution < 1.29 is 24.5 Å². The van der Waals surface area contributed by atoms with E-state index in [1.165, 1.54) is 22.4 Å². The Bertz CT molecular complexity index is 2540. The van der Waals surface area contributed by atoms with E-state index in [-0.39, 0.29) is 20.1 Å². The minimum absolute atomic E-state index is 0. The molecule has 0 bridgehead atoms. The van der Waals surface area contributed by atoms with Gasteiger partial charge in [-0.05, 0) is 47.2 Å². The van der Waals surface area contributed by atoms with Gasteiger partial charge in [0.15, 0.2) is 0 Å². The van der Waals surface area contributed by atoms with Gasteiger partial charge in [0.25, 0.3) is 0 Å². The van der Waals surface area contributed by atoms with Crippen LogP contribution < -0.4 is 4.40 Å². The summed E-state index contributed by atoms with van der Waals surface area (Å²) in [6.07, 6.45) is 5.03. The molecule has 8 aromatic rings. The van der Waals surface area contributed by atoms with Gasteiger partial charge in [-0.3, -0.25) is 4.98 Å². The van der Waals surface area contributed by atoms with E-state index in [4.69, 9.17) is 14.4 Å². The molecule has 8 rings (SSSR count). The molecule has 0 saturated heterocycles. The SMILES string of the molecule is CC(C)Cc1cc(-c2[c-]cccc2)nc[c]1[Ge]([CH3])([CH3])[CH3].CC(C)c1cccc(C(C)C)c1-n1c(-c2[c-]ccc3c2oc2ncccc23)nc2ccccc21.[Ir]. The molecule has 7 heteroatoms. The zero-order valence-corrected chi connectivity index (χ0v) is 37.9. The summed E-state index contributed by atoms with van der Waals surface area (Å²) in [7, 11) is 0. The summed E-state index contributed by atoms with van der Waals surface area (Å²) < 4.78 is 10.1. The van der Waals surface area contributed by atoms with E-state index >= 15 is 0 Å². The standard InChI is InChI=1S/C30H26N3O.C18H24GeN.Ir/c1-18(2)20-10-7-11-21(19(3)4)27(20)33-26-16-6-5-15-25(26)32-29(33)24-13-8-12-22-23-14-9-17-31-30(23)34-28(22)24;1-14(2)11-16-12-18(15-9-7-6-8-10-15)20-13-17(16)19(3,4)5;/h5-12,14-19H,1-4H3;6-9,12-14H,11H2,1-5H3;/q2*-1;. The molecule has 0 fully saturated rings. The van der Waals surface area contributed by atoms with Crippen LogP contribution in [0.4, 0.5) is 0 Å². The van der Waals surface area contributed by atoms with Crippen molar-refractivity contribution in [3.05, 3.63) is 138 Å². The Hall–Kier alpha value is -4.36. The zero-order valence-electron chi connectivity index (χ0n) is 33.4. The third-order valence-electron chi connectivity index (χ3n) is 9.97. The van der Waals surface area contributed by atoms with Crippen molar-refractivity contribution in [3.8, 4) is 28.3 Å². The number of hydrogen-bond acceptors (Lipinski definition) is 4. The molecule has 55 heavy (non-hydrogen) atoms. The maximum absolute atomic E-state index is 6.28. The van der Waals surface area contributed by atoms with Gasteiger partial charge in [0.2, 0.25) is 5.71 Å². The molecule has 0 unspecified atom stereocenters. The molecule has 5 nitrogen and oxygen atoms in total. The van der Waals surface area contributed by atoms with Gasteiger partial charge >= 0.3 is 126 Å². The monoisotopic (exact) mass is 965 g/mol. The van der Waals surface area contributed by atoms with E-state index in [2.05, 4.69) is 135 Å². The predicted molar refractivity (Wildman–Crippen MR) is 229 cm³/mol. The number of benzene rings is 4. The quantitative estimate of drug-likeness (QED) is 0.112. The average Bonchev–Trinajstić information content (AvgIpc) is 3.73. The molecule has 0 atom stereocenters. The van der Waals surface area contributed by atoms with Crippen molar-refractivity contribution in [3.63, 3.8) is 0 Å². The van der Waals surface area contributed by atoms with Gasteiger partial charge in [0.1, 0.15) is 0 Å². The van der Waals surface area contributed by atoms with Crippen LogP contribution in [-0.4, -0.2) is 32.8 Å². The average molecular weight is 964 g/mol. The molecule has 0 spiro atoms. The van der Waals surface area contributed by atoms with Crippen LogP contribution in [0.2, 0.25) is 17.3 Å². The third kappa shape index (κ3) is 8.28. The van der Waals surface area contributed by atoms with Crippen LogP contribution in [0, 0.1) is 18.1 Å². The normalized spacial score (nSPS) is 11.8. The maximum atomic E-state index is 6.28. The third-order valence-corrected chi connectivity index (χ3v) is 14.3. The smallest absolute Gasteiger partial charge is 0.216 e. The Balaban J connectivity index is 0.000000211. The first-order chi connectivity index (χ1) is 25.9. The number of aromatic nitrogens is 4. The topological polar surface area (TPSA) is 56.7 Å². The van der Waals surface area contributed by atoms with Gasteiger partial charge in [-0.2, -0.15) is 0 Å². The van der Waals surface area contributed by atoms with Crippen molar-refractivity contribution in [1.82, 2.24) is 19.5 Å². The first-order valence-corrected chi connectivity index (χ1v) is 26.5. The van der Waals surface area contributed by atoms with Crippen molar-refractivity contribution >= 4 is 50.8 Å². The van der Waals surface area contributed by atoms with Crippen LogP contribution in [0.15, 0.2) is 114 Å². The van der Waals surface area contributed by atoms with E-state index in [0.717, 1.165) is 56.5 Å². The fourth-order valence-electron chi connectivity index (χ4n) is 7.41. The maximum Gasteiger partial charge on any atom is 0.216 e. The van der Waals surface area contributed by atoms with Crippen LogP contribution in [-0.2, 0) is 26.5 Å². The van der Waals surface area contributed by atoms with E-state index in [1.54, 1.807) is 10.6 Å². The zero-order chi connectivity index (χ0) is 38.1. The second kappa shape index (κ2) is 16.8. The van der Waals surface area contributed by atoms with E-state index in [1.807, 2.05) is 48.5 Å². The number of imidazole rings is 1. The molecule has 4 heterocycles. The number of rotatable bonds is 8. The van der Waals surface area contributed by atoms with Crippen molar-refractivity contribution in [2.45, 2.75) is 77.1 Å². The molecule has 0 aliphatic carbocycles. The van der Waals surface area contributed by atoms with Gasteiger partial charge in [0.05, 0.1) is 22.4 Å². The van der Waals surface area contributed by atoms with Crippen LogP contribution in [0.1, 0.15) is 70.1 Å². The minimum atomic E-state index is -1.86. The number of para-hydroxylation sites is 3. The minimum Gasteiger partial charge on any atom is -0.486 e. The van der Waals surface area contributed by atoms with Crippen molar-refractivity contribution in [2.24, 2.45) is 5.92 Å². The van der Waals surface area contributed by atoms with Gasteiger partial charge < -0.3 is 8.98 Å². The van der Waals surface area contributed by atoms with Gasteiger partial charge in [0, 0.05) is 37.4 Å². The van der Waals surface area contributed by atoms with Crippen LogP contribution in [0.25, 0.3) is 61.4 Å². The Labute approximate surface area is 342 Å². The van der Waals surface area contributed by atoms with Gasteiger partial charge in [-0.15, -0.1) is 18.2 Å². The van der Waals surface area contributed by atoms with Crippen molar-refractivity contribution in [2.75, 3.05) is 0 Å². The molecule has 0 aliphatic rings. The largest absolute Gasteiger partial charge is 0.486 e. The number of fused-ring (bicyclic) bond motifs is 4. The second-order valence-electron chi connectivity index (χ2n) is 16.3. The van der Waals surface area contributed by atoms with Crippen LogP contribution in [0.5, 0.6) is 0 Å². The molecule has 0 saturated carbocycles. The molecule has 0 aliphatic heterocycles. The van der Waals surface area contributed by atoms with E-state index < -0.39 is 13.3 Å². The molecule has 283 valence electrons. The summed E-state index contributed by atoms with van der Waals surface area (Å²) in [4.78, 5) is 14.3. The molecule has 0 amide bonds. The summed E-state index contributed by atoms with van der Waals surface area (Å²) in [5, 5.41) is 2.03. The summed E-state index contributed by atoms with van der Waals surface area (Å²) in [5.74, 6) is 9.55. The molecule has 1 radical (unpaired) electrons. The summed E-state index contributed by atoms with van der Waals surface area (Å²) in [6.45, 7) is 13.6. The van der Waals surface area contributed by atoms with Gasteiger partial charge in [-0.1, -0.05) is 69.0 Å². The first-order valence-electron chi connectivity index (χ1n) is 19.2. The Morgan fingerprint density at radius 1 is 0.745 bits per heavy atom.